The van der Waals surface area contributed by atoms with Crippen molar-refractivity contribution in [3.63, 3.8) is 0 Å². The van der Waals surface area contributed by atoms with Gasteiger partial charge >= 0.3 is 0 Å². The number of likely N-dealkylation sites (tertiary alicyclic amines) is 1. The van der Waals surface area contributed by atoms with Crippen molar-refractivity contribution in [1.82, 2.24) is 10.2 Å². The standard InChI is InChI=1S/C24H34N4O2.HI/c1-18-8-7-13-28(16-18)17-20-10-6-5-9-19(20)15-26-24(25-2)27-21-11-12-22(29-3)23(14-21)30-4;/h5-6,9-12,14,18H,7-8,13,15-17H2,1-4H3,(H2,25,26,27);1H. The summed E-state index contributed by atoms with van der Waals surface area (Å²) >= 11 is 0. The fourth-order valence-electron chi connectivity index (χ4n) is 3.96. The molecule has 1 heterocycles. The molecule has 31 heavy (non-hydrogen) atoms. The van der Waals surface area contributed by atoms with Gasteiger partial charge in [-0.3, -0.25) is 9.89 Å². The van der Waals surface area contributed by atoms with Gasteiger partial charge in [0.25, 0.3) is 0 Å². The third kappa shape index (κ3) is 7.28. The molecule has 2 aromatic carbocycles. The van der Waals surface area contributed by atoms with Crippen molar-refractivity contribution in [2.45, 2.75) is 32.9 Å². The Kier molecular flexibility index (Phi) is 10.4. The monoisotopic (exact) mass is 538 g/mol. The minimum absolute atomic E-state index is 0. The van der Waals surface area contributed by atoms with Crippen LogP contribution in [0.15, 0.2) is 47.5 Å². The Morgan fingerprint density at radius 1 is 1.10 bits per heavy atom. The number of benzene rings is 2. The first kappa shape index (κ1) is 25.3. The number of hydrogen-bond acceptors (Lipinski definition) is 4. The summed E-state index contributed by atoms with van der Waals surface area (Å²) in [4.78, 5) is 6.94. The van der Waals surface area contributed by atoms with Crippen molar-refractivity contribution < 1.29 is 9.47 Å². The second kappa shape index (κ2) is 12.8. The zero-order valence-corrected chi connectivity index (χ0v) is 21.3. The number of ether oxygens (including phenoxy) is 2. The molecule has 1 fully saturated rings. The quantitative estimate of drug-likeness (QED) is 0.303. The highest BCUT2D eigenvalue weighted by Gasteiger charge is 2.17. The van der Waals surface area contributed by atoms with Crippen molar-refractivity contribution in [2.75, 3.05) is 39.7 Å². The Labute approximate surface area is 203 Å². The average molecular weight is 538 g/mol. The van der Waals surface area contributed by atoms with Gasteiger partial charge in [-0.25, -0.2) is 0 Å². The fraction of sp³-hybridized carbons (Fsp3) is 0.458. The molecule has 6 nitrogen and oxygen atoms in total. The number of halogens is 1. The molecule has 1 saturated heterocycles. The third-order valence-corrected chi connectivity index (χ3v) is 5.57. The number of anilines is 1. The van der Waals surface area contributed by atoms with Crippen molar-refractivity contribution in [3.05, 3.63) is 53.6 Å². The lowest BCUT2D eigenvalue weighted by atomic mass is 9.99. The molecule has 0 aromatic heterocycles. The summed E-state index contributed by atoms with van der Waals surface area (Å²) in [5.41, 5.74) is 3.56. The van der Waals surface area contributed by atoms with Crippen LogP contribution >= 0.6 is 24.0 Å². The van der Waals surface area contributed by atoms with Gasteiger partial charge in [-0.1, -0.05) is 31.2 Å². The number of hydrogen-bond donors (Lipinski definition) is 2. The topological polar surface area (TPSA) is 58.1 Å². The highest BCUT2D eigenvalue weighted by atomic mass is 127. The molecule has 1 aliphatic heterocycles. The van der Waals surface area contributed by atoms with Crippen LogP contribution in [0, 0.1) is 5.92 Å². The van der Waals surface area contributed by atoms with E-state index in [4.69, 9.17) is 9.47 Å². The number of rotatable bonds is 7. The van der Waals surface area contributed by atoms with Crippen LogP contribution in [0.4, 0.5) is 5.69 Å². The molecule has 0 spiro atoms. The lowest BCUT2D eigenvalue weighted by Crippen LogP contribution is -2.34. The number of nitrogens with zero attached hydrogens (tertiary/aromatic N) is 2. The number of nitrogens with one attached hydrogen (secondary N) is 2. The van der Waals surface area contributed by atoms with E-state index in [9.17, 15) is 0 Å². The maximum Gasteiger partial charge on any atom is 0.195 e. The van der Waals surface area contributed by atoms with Crippen LogP contribution in [0.5, 0.6) is 11.5 Å². The lowest BCUT2D eigenvalue weighted by molar-refractivity contribution is 0.176. The van der Waals surface area contributed by atoms with Gasteiger partial charge in [0.2, 0.25) is 0 Å². The van der Waals surface area contributed by atoms with Gasteiger partial charge in [-0.05, 0) is 48.6 Å². The number of piperidine rings is 1. The smallest absolute Gasteiger partial charge is 0.195 e. The molecule has 0 amide bonds. The Bertz CT molecular complexity index is 859. The number of guanidine groups is 1. The first-order valence-corrected chi connectivity index (χ1v) is 10.6. The van der Waals surface area contributed by atoms with E-state index in [1.807, 2.05) is 18.2 Å². The zero-order chi connectivity index (χ0) is 21.3. The molecule has 2 N–H and O–H groups in total. The first-order chi connectivity index (χ1) is 14.6. The van der Waals surface area contributed by atoms with E-state index in [0.29, 0.717) is 24.0 Å². The zero-order valence-electron chi connectivity index (χ0n) is 19.0. The van der Waals surface area contributed by atoms with Crippen molar-refractivity contribution in [3.8, 4) is 11.5 Å². The molecular formula is C24H35IN4O2. The molecular weight excluding hydrogens is 503 g/mol. The summed E-state index contributed by atoms with van der Waals surface area (Å²) in [6.07, 6.45) is 2.64. The van der Waals surface area contributed by atoms with Gasteiger partial charge in [-0.2, -0.15) is 0 Å². The van der Waals surface area contributed by atoms with Crippen LogP contribution < -0.4 is 20.1 Å². The molecule has 3 rings (SSSR count). The van der Waals surface area contributed by atoms with E-state index in [-0.39, 0.29) is 24.0 Å². The summed E-state index contributed by atoms with van der Waals surface area (Å²) in [6, 6.07) is 14.4. The van der Waals surface area contributed by atoms with E-state index >= 15 is 0 Å². The highest BCUT2D eigenvalue weighted by molar-refractivity contribution is 14.0. The van der Waals surface area contributed by atoms with Crippen LogP contribution in [0.3, 0.4) is 0 Å². The second-order valence-corrected chi connectivity index (χ2v) is 7.87. The number of methoxy groups -OCH3 is 2. The van der Waals surface area contributed by atoms with E-state index in [1.54, 1.807) is 21.3 Å². The first-order valence-electron chi connectivity index (χ1n) is 10.6. The maximum atomic E-state index is 5.39. The summed E-state index contributed by atoms with van der Waals surface area (Å²) < 4.78 is 10.7. The molecule has 0 bridgehead atoms. The Balaban J connectivity index is 0.00000341. The SMILES string of the molecule is CN=C(NCc1ccccc1CN1CCCC(C)C1)Nc1ccc(OC)c(OC)c1.I. The lowest BCUT2D eigenvalue weighted by Gasteiger charge is -2.31. The molecule has 0 aliphatic carbocycles. The summed E-state index contributed by atoms with van der Waals surface area (Å²) in [7, 11) is 5.04. The molecule has 1 atom stereocenters. The van der Waals surface area contributed by atoms with Crippen LogP contribution in [-0.2, 0) is 13.1 Å². The Morgan fingerprint density at radius 2 is 1.84 bits per heavy atom. The van der Waals surface area contributed by atoms with Crippen LogP contribution in [0.25, 0.3) is 0 Å². The summed E-state index contributed by atoms with van der Waals surface area (Å²) in [6.45, 7) is 6.44. The minimum atomic E-state index is 0. The van der Waals surface area contributed by atoms with Gasteiger partial charge in [0, 0.05) is 38.4 Å². The normalized spacial score (nSPS) is 16.9. The molecule has 7 heteroatoms. The second-order valence-electron chi connectivity index (χ2n) is 7.87. The van der Waals surface area contributed by atoms with Crippen LogP contribution in [-0.4, -0.2) is 45.2 Å². The van der Waals surface area contributed by atoms with Gasteiger partial charge in [0.15, 0.2) is 17.5 Å². The summed E-state index contributed by atoms with van der Waals surface area (Å²) in [5, 5.41) is 6.76. The predicted octanol–water partition coefficient (Wildman–Crippen LogP) is 4.74. The molecule has 0 radical (unpaired) electrons. The average Bonchev–Trinajstić information content (AvgIpc) is 2.77. The number of aliphatic imine (C=N–C) groups is 1. The van der Waals surface area contributed by atoms with Crippen molar-refractivity contribution >= 4 is 35.6 Å². The van der Waals surface area contributed by atoms with Gasteiger partial charge in [0.1, 0.15) is 0 Å². The van der Waals surface area contributed by atoms with E-state index in [1.165, 1.54) is 37.1 Å². The highest BCUT2D eigenvalue weighted by Crippen LogP contribution is 2.29. The minimum Gasteiger partial charge on any atom is -0.493 e. The van der Waals surface area contributed by atoms with Crippen LogP contribution in [0.2, 0.25) is 0 Å². The van der Waals surface area contributed by atoms with Gasteiger partial charge in [-0.15, -0.1) is 24.0 Å². The fourth-order valence-corrected chi connectivity index (χ4v) is 3.96. The van der Waals surface area contributed by atoms with Gasteiger partial charge in [0.05, 0.1) is 14.2 Å². The molecule has 170 valence electrons. The van der Waals surface area contributed by atoms with Crippen molar-refractivity contribution in [1.29, 1.82) is 0 Å². The van der Waals surface area contributed by atoms with E-state index < -0.39 is 0 Å². The molecule has 1 aliphatic rings. The third-order valence-electron chi connectivity index (χ3n) is 5.57. The predicted molar refractivity (Wildman–Crippen MR) is 139 cm³/mol. The van der Waals surface area contributed by atoms with Crippen molar-refractivity contribution in [2.24, 2.45) is 10.9 Å². The Hall–Kier alpha value is -2.00. The molecule has 2 aromatic rings. The maximum absolute atomic E-state index is 5.39. The molecule has 1 unspecified atom stereocenters. The van der Waals surface area contributed by atoms with E-state index in [0.717, 1.165) is 18.2 Å². The largest absolute Gasteiger partial charge is 0.493 e. The molecule has 0 saturated carbocycles. The van der Waals surface area contributed by atoms with E-state index in [2.05, 4.69) is 51.7 Å². The summed E-state index contributed by atoms with van der Waals surface area (Å²) in [5.74, 6) is 2.88. The Morgan fingerprint density at radius 3 is 2.52 bits per heavy atom. The van der Waals surface area contributed by atoms with Gasteiger partial charge < -0.3 is 20.1 Å². The van der Waals surface area contributed by atoms with Crippen LogP contribution in [0.1, 0.15) is 30.9 Å².